The molecule has 0 radical (unpaired) electrons. The summed E-state index contributed by atoms with van der Waals surface area (Å²) in [5.74, 6) is -4.07. The fourth-order valence-electron chi connectivity index (χ4n) is 2.08. The van der Waals surface area contributed by atoms with Crippen LogP contribution >= 0.6 is 0 Å². The molecule has 2 aromatic rings. The summed E-state index contributed by atoms with van der Waals surface area (Å²) in [4.78, 5) is 12.0. The van der Waals surface area contributed by atoms with E-state index in [0.717, 1.165) is 23.0 Å². The SMILES string of the molecule is Cc1c(C(=O)NCC(F)(F)CN)cnn1-c1cccc(C(F)(F)F)c1. The Bertz CT molecular complexity index is 770. The molecule has 0 saturated carbocycles. The van der Waals surface area contributed by atoms with E-state index in [4.69, 9.17) is 5.73 Å². The van der Waals surface area contributed by atoms with E-state index in [0.29, 0.717) is 0 Å². The zero-order valence-electron chi connectivity index (χ0n) is 13.1. The number of hydrogen-bond acceptors (Lipinski definition) is 3. The van der Waals surface area contributed by atoms with Crippen molar-refractivity contribution in [2.24, 2.45) is 5.73 Å². The van der Waals surface area contributed by atoms with Crippen LogP contribution in [0.3, 0.4) is 0 Å². The highest BCUT2D eigenvalue weighted by Crippen LogP contribution is 2.30. The van der Waals surface area contributed by atoms with E-state index < -0.39 is 36.7 Å². The van der Waals surface area contributed by atoms with Crippen LogP contribution in [0.4, 0.5) is 22.0 Å². The van der Waals surface area contributed by atoms with Crippen LogP contribution in [-0.2, 0) is 6.18 Å². The lowest BCUT2D eigenvalue weighted by atomic mass is 10.2. The molecule has 10 heteroatoms. The third-order valence-electron chi connectivity index (χ3n) is 3.48. The van der Waals surface area contributed by atoms with Crippen LogP contribution in [0.15, 0.2) is 30.5 Å². The van der Waals surface area contributed by atoms with Crippen molar-refractivity contribution in [3.8, 4) is 5.69 Å². The number of hydrogen-bond donors (Lipinski definition) is 2. The molecule has 3 N–H and O–H groups in total. The molecule has 1 aromatic heterocycles. The number of halogens is 5. The van der Waals surface area contributed by atoms with Gasteiger partial charge in [-0.2, -0.15) is 18.3 Å². The van der Waals surface area contributed by atoms with Crippen LogP contribution < -0.4 is 11.1 Å². The standard InChI is InChI=1S/C15H15F5N4O/c1-9-12(13(25)22-8-14(16,17)7-21)6-23-24(9)11-4-2-3-10(5-11)15(18,19)20/h2-6H,7-8,21H2,1H3,(H,22,25). The molecule has 0 aliphatic heterocycles. The summed E-state index contributed by atoms with van der Waals surface area (Å²) in [5.41, 5.74) is 4.30. The molecule has 0 saturated heterocycles. The predicted octanol–water partition coefficient (Wildman–Crippen LogP) is 2.52. The van der Waals surface area contributed by atoms with Gasteiger partial charge in [0.25, 0.3) is 11.8 Å². The lowest BCUT2D eigenvalue weighted by Gasteiger charge is -2.14. The molecule has 25 heavy (non-hydrogen) atoms. The summed E-state index contributed by atoms with van der Waals surface area (Å²) in [6.45, 7) is -0.421. The predicted molar refractivity (Wildman–Crippen MR) is 79.6 cm³/mol. The Morgan fingerprint density at radius 2 is 1.96 bits per heavy atom. The number of aromatic nitrogens is 2. The van der Waals surface area contributed by atoms with Gasteiger partial charge in [0.05, 0.1) is 41.8 Å². The Hall–Kier alpha value is -2.49. The van der Waals surface area contributed by atoms with Crippen LogP contribution in [-0.4, -0.2) is 34.7 Å². The van der Waals surface area contributed by atoms with Crippen molar-refractivity contribution < 1.29 is 26.7 Å². The van der Waals surface area contributed by atoms with E-state index in [-0.39, 0.29) is 16.9 Å². The van der Waals surface area contributed by atoms with E-state index in [2.05, 4.69) is 5.10 Å². The number of nitrogens with two attached hydrogens (primary N) is 1. The van der Waals surface area contributed by atoms with Gasteiger partial charge in [0, 0.05) is 0 Å². The summed E-state index contributed by atoms with van der Waals surface area (Å²) in [5, 5.41) is 5.90. The average molecular weight is 362 g/mol. The van der Waals surface area contributed by atoms with Crippen molar-refractivity contribution in [3.63, 3.8) is 0 Å². The van der Waals surface area contributed by atoms with Gasteiger partial charge in [0.1, 0.15) is 0 Å². The third kappa shape index (κ3) is 4.32. The van der Waals surface area contributed by atoms with E-state index in [1.807, 2.05) is 5.32 Å². The molecule has 0 fully saturated rings. The number of nitrogens with zero attached hydrogens (tertiary/aromatic N) is 2. The molecule has 1 amide bonds. The maximum Gasteiger partial charge on any atom is 0.416 e. The smallest absolute Gasteiger partial charge is 0.346 e. The Balaban J connectivity index is 2.25. The maximum absolute atomic E-state index is 13.1. The van der Waals surface area contributed by atoms with Crippen molar-refractivity contribution in [1.82, 2.24) is 15.1 Å². The second-order valence-corrected chi connectivity index (χ2v) is 5.35. The highest BCUT2D eigenvalue weighted by Gasteiger charge is 2.31. The summed E-state index contributed by atoms with van der Waals surface area (Å²) < 4.78 is 65.7. The first-order valence-electron chi connectivity index (χ1n) is 7.13. The number of amides is 1. The van der Waals surface area contributed by atoms with Gasteiger partial charge in [0.15, 0.2) is 0 Å². The molecule has 1 heterocycles. The number of alkyl halides is 5. The minimum absolute atomic E-state index is 0.0229. The van der Waals surface area contributed by atoms with Gasteiger partial charge in [-0.3, -0.25) is 4.79 Å². The second-order valence-electron chi connectivity index (χ2n) is 5.35. The lowest BCUT2D eigenvalue weighted by Crippen LogP contribution is -2.41. The Morgan fingerprint density at radius 3 is 2.56 bits per heavy atom. The normalized spacial score (nSPS) is 12.3. The Kier molecular flexibility index (Phi) is 5.12. The van der Waals surface area contributed by atoms with Gasteiger partial charge in [-0.25, -0.2) is 13.5 Å². The van der Waals surface area contributed by atoms with Crippen molar-refractivity contribution in [2.75, 3.05) is 13.1 Å². The van der Waals surface area contributed by atoms with Crippen LogP contribution in [0.25, 0.3) is 5.69 Å². The molecule has 0 aliphatic rings. The zero-order chi connectivity index (χ0) is 18.8. The van der Waals surface area contributed by atoms with Crippen molar-refractivity contribution in [2.45, 2.75) is 19.0 Å². The number of rotatable bonds is 5. The molecule has 2 rings (SSSR count). The molecule has 1 aromatic carbocycles. The first kappa shape index (κ1) is 18.8. The minimum atomic E-state index is -4.52. The molecule has 136 valence electrons. The van der Waals surface area contributed by atoms with Crippen LogP contribution in [0.5, 0.6) is 0 Å². The first-order chi connectivity index (χ1) is 11.5. The summed E-state index contributed by atoms with van der Waals surface area (Å²) in [6, 6.07) is 4.38. The van der Waals surface area contributed by atoms with E-state index in [1.54, 1.807) is 0 Å². The van der Waals surface area contributed by atoms with E-state index in [9.17, 15) is 26.7 Å². The molecule has 0 spiro atoms. The number of carbonyl (C=O) groups excluding carboxylic acids is 1. The monoisotopic (exact) mass is 362 g/mol. The fourth-order valence-corrected chi connectivity index (χ4v) is 2.08. The molecule has 5 nitrogen and oxygen atoms in total. The molecule has 0 bridgehead atoms. The summed E-state index contributed by atoms with van der Waals surface area (Å²) >= 11 is 0. The van der Waals surface area contributed by atoms with Gasteiger partial charge in [-0.15, -0.1) is 0 Å². The molecular weight excluding hydrogens is 347 g/mol. The quantitative estimate of drug-likeness (QED) is 0.803. The van der Waals surface area contributed by atoms with Gasteiger partial charge in [0.2, 0.25) is 0 Å². The third-order valence-corrected chi connectivity index (χ3v) is 3.48. The number of benzene rings is 1. The van der Waals surface area contributed by atoms with Crippen LogP contribution in [0.1, 0.15) is 21.6 Å². The number of nitrogens with one attached hydrogen (secondary N) is 1. The first-order valence-corrected chi connectivity index (χ1v) is 7.13. The number of carbonyl (C=O) groups is 1. The Labute approximate surface area is 139 Å². The van der Waals surface area contributed by atoms with Gasteiger partial charge >= 0.3 is 6.18 Å². The van der Waals surface area contributed by atoms with Crippen molar-refractivity contribution in [3.05, 3.63) is 47.3 Å². The molecule has 0 aliphatic carbocycles. The van der Waals surface area contributed by atoms with Gasteiger partial charge in [-0.1, -0.05) is 6.07 Å². The van der Waals surface area contributed by atoms with E-state index in [1.165, 1.54) is 19.1 Å². The average Bonchev–Trinajstić information content (AvgIpc) is 2.94. The highest BCUT2D eigenvalue weighted by atomic mass is 19.4. The summed E-state index contributed by atoms with van der Waals surface area (Å²) in [6.07, 6.45) is -3.42. The van der Waals surface area contributed by atoms with Gasteiger partial charge < -0.3 is 11.1 Å². The zero-order valence-corrected chi connectivity index (χ0v) is 13.1. The topological polar surface area (TPSA) is 72.9 Å². The Morgan fingerprint density at radius 1 is 1.28 bits per heavy atom. The van der Waals surface area contributed by atoms with Crippen LogP contribution in [0.2, 0.25) is 0 Å². The molecule has 0 unspecified atom stereocenters. The van der Waals surface area contributed by atoms with Crippen molar-refractivity contribution in [1.29, 1.82) is 0 Å². The lowest BCUT2D eigenvalue weighted by molar-refractivity contribution is -0.137. The fraction of sp³-hybridized carbons (Fsp3) is 0.333. The summed E-state index contributed by atoms with van der Waals surface area (Å²) in [7, 11) is 0. The molecule has 0 atom stereocenters. The maximum atomic E-state index is 13.1. The highest BCUT2D eigenvalue weighted by molar-refractivity contribution is 5.95. The van der Waals surface area contributed by atoms with Crippen LogP contribution in [0, 0.1) is 6.92 Å². The molecular formula is C15H15F5N4O. The largest absolute Gasteiger partial charge is 0.416 e. The second kappa shape index (κ2) is 6.79. The van der Waals surface area contributed by atoms with Crippen molar-refractivity contribution >= 4 is 5.91 Å². The van der Waals surface area contributed by atoms with Gasteiger partial charge in [-0.05, 0) is 25.1 Å². The van der Waals surface area contributed by atoms with E-state index >= 15 is 0 Å². The minimum Gasteiger partial charge on any atom is -0.346 e.